The van der Waals surface area contributed by atoms with Crippen molar-refractivity contribution < 1.29 is 17.6 Å². The summed E-state index contributed by atoms with van der Waals surface area (Å²) < 4.78 is 49.9. The fourth-order valence-electron chi connectivity index (χ4n) is 1.18. The number of nitrogens with zero attached hydrogens (tertiary/aromatic N) is 3. The maximum atomic E-state index is 13.3. The normalized spacial score (nSPS) is 13.1. The van der Waals surface area contributed by atoms with Crippen LogP contribution in [0, 0.1) is 5.82 Å². The number of benzene rings is 1. The molecule has 0 bridgehead atoms. The Morgan fingerprint density at radius 1 is 1.38 bits per heavy atom. The second-order valence-corrected chi connectivity index (χ2v) is 3.11. The van der Waals surface area contributed by atoms with Gasteiger partial charge in [0.05, 0.1) is 11.6 Å². The highest BCUT2D eigenvalue weighted by molar-refractivity contribution is 5.28. The van der Waals surface area contributed by atoms with E-state index in [0.717, 1.165) is 12.1 Å². The Labute approximate surface area is 88.3 Å². The van der Waals surface area contributed by atoms with Crippen LogP contribution in [-0.4, -0.2) is 0 Å². The van der Waals surface area contributed by atoms with E-state index >= 15 is 0 Å². The monoisotopic (exact) mass is 233 g/mol. The summed E-state index contributed by atoms with van der Waals surface area (Å²) in [6, 6.07) is 1.27. The number of azide groups is 1. The third-order valence-corrected chi connectivity index (χ3v) is 2.00. The summed E-state index contributed by atoms with van der Waals surface area (Å²) in [6.45, 7) is 1.39. The van der Waals surface area contributed by atoms with Gasteiger partial charge in [0.25, 0.3) is 0 Å². The molecule has 0 heterocycles. The van der Waals surface area contributed by atoms with Gasteiger partial charge in [-0.2, -0.15) is 13.2 Å². The highest BCUT2D eigenvalue weighted by Crippen LogP contribution is 2.31. The Bertz CT molecular complexity index is 435. The minimum Gasteiger partial charge on any atom is -0.207 e. The maximum Gasteiger partial charge on any atom is 0.416 e. The van der Waals surface area contributed by atoms with Gasteiger partial charge in [-0.1, -0.05) is 18.1 Å². The van der Waals surface area contributed by atoms with Gasteiger partial charge in [-0.15, -0.1) is 0 Å². The quantitative estimate of drug-likeness (QED) is 0.318. The van der Waals surface area contributed by atoms with E-state index in [9.17, 15) is 17.6 Å². The van der Waals surface area contributed by atoms with Gasteiger partial charge in [0.1, 0.15) is 5.82 Å². The van der Waals surface area contributed by atoms with Gasteiger partial charge >= 0.3 is 6.18 Å². The van der Waals surface area contributed by atoms with E-state index in [2.05, 4.69) is 10.0 Å². The molecule has 1 rings (SSSR count). The maximum absolute atomic E-state index is 13.3. The van der Waals surface area contributed by atoms with Crippen LogP contribution < -0.4 is 0 Å². The third-order valence-electron chi connectivity index (χ3n) is 2.00. The van der Waals surface area contributed by atoms with E-state index in [1.807, 2.05) is 0 Å². The summed E-state index contributed by atoms with van der Waals surface area (Å²) in [5, 5.41) is 3.21. The molecule has 0 saturated carbocycles. The molecule has 86 valence electrons. The zero-order valence-electron chi connectivity index (χ0n) is 8.16. The molecule has 0 radical (unpaired) electrons. The molecule has 1 atom stereocenters. The van der Waals surface area contributed by atoms with Crippen LogP contribution in [0.3, 0.4) is 0 Å². The van der Waals surface area contributed by atoms with Crippen molar-refractivity contribution in [1.29, 1.82) is 0 Å². The minimum atomic E-state index is -4.58. The first-order valence-electron chi connectivity index (χ1n) is 4.27. The molecule has 1 aromatic carbocycles. The second-order valence-electron chi connectivity index (χ2n) is 3.11. The fourth-order valence-corrected chi connectivity index (χ4v) is 1.18. The molecule has 0 spiro atoms. The standard InChI is InChI=1S/C9H7F4N3/c1-5(15-16-14)7-3-2-6(4-8(7)10)9(11,12)13/h2-5H,1H3. The van der Waals surface area contributed by atoms with E-state index in [1.54, 1.807) is 0 Å². The van der Waals surface area contributed by atoms with Crippen LogP contribution in [0.25, 0.3) is 10.4 Å². The van der Waals surface area contributed by atoms with Gasteiger partial charge in [0, 0.05) is 4.91 Å². The van der Waals surface area contributed by atoms with E-state index in [0.29, 0.717) is 6.07 Å². The minimum absolute atomic E-state index is 0.0641. The Morgan fingerprint density at radius 2 is 2.00 bits per heavy atom. The van der Waals surface area contributed by atoms with Crippen molar-refractivity contribution in [1.82, 2.24) is 0 Å². The summed E-state index contributed by atoms with van der Waals surface area (Å²) in [4.78, 5) is 2.46. The summed E-state index contributed by atoms with van der Waals surface area (Å²) in [5.74, 6) is -1.03. The lowest BCUT2D eigenvalue weighted by Crippen LogP contribution is -2.06. The Hall–Kier alpha value is -1.75. The molecule has 0 amide bonds. The molecule has 0 aliphatic rings. The average molecular weight is 233 g/mol. The molecule has 3 nitrogen and oxygen atoms in total. The van der Waals surface area contributed by atoms with Crippen molar-refractivity contribution >= 4 is 0 Å². The highest BCUT2D eigenvalue weighted by atomic mass is 19.4. The summed E-state index contributed by atoms with van der Waals surface area (Å²) in [5.41, 5.74) is 7.00. The smallest absolute Gasteiger partial charge is 0.207 e. The Kier molecular flexibility index (Phi) is 3.39. The van der Waals surface area contributed by atoms with Gasteiger partial charge in [-0.3, -0.25) is 0 Å². The lowest BCUT2D eigenvalue weighted by molar-refractivity contribution is -0.137. The zero-order valence-corrected chi connectivity index (χ0v) is 8.16. The SMILES string of the molecule is CC(N=[N+]=[N-])c1ccc(C(F)(F)F)cc1F. The lowest BCUT2D eigenvalue weighted by atomic mass is 10.1. The van der Waals surface area contributed by atoms with Crippen LogP contribution in [0.15, 0.2) is 23.3 Å². The van der Waals surface area contributed by atoms with Gasteiger partial charge in [0.15, 0.2) is 0 Å². The molecular weight excluding hydrogens is 226 g/mol. The lowest BCUT2D eigenvalue weighted by Gasteiger charge is -2.10. The van der Waals surface area contributed by atoms with Crippen LogP contribution in [0.1, 0.15) is 24.1 Å². The molecule has 1 unspecified atom stereocenters. The third kappa shape index (κ3) is 2.64. The topological polar surface area (TPSA) is 48.8 Å². The Balaban J connectivity index is 3.14. The highest BCUT2D eigenvalue weighted by Gasteiger charge is 2.31. The molecule has 0 saturated heterocycles. The molecule has 1 aromatic rings. The Morgan fingerprint density at radius 3 is 2.44 bits per heavy atom. The van der Waals surface area contributed by atoms with Crippen molar-refractivity contribution in [3.8, 4) is 0 Å². The van der Waals surface area contributed by atoms with Gasteiger partial charge in [-0.05, 0) is 23.2 Å². The predicted molar refractivity (Wildman–Crippen MR) is 49.0 cm³/mol. The molecule has 0 fully saturated rings. The summed E-state index contributed by atoms with van der Waals surface area (Å²) in [6.07, 6.45) is -4.58. The van der Waals surface area contributed by atoms with E-state index in [4.69, 9.17) is 5.53 Å². The van der Waals surface area contributed by atoms with Crippen molar-refractivity contribution in [2.24, 2.45) is 5.11 Å². The van der Waals surface area contributed by atoms with E-state index in [1.165, 1.54) is 6.92 Å². The number of hydrogen-bond acceptors (Lipinski definition) is 1. The predicted octanol–water partition coefficient (Wildman–Crippen LogP) is 4.22. The van der Waals surface area contributed by atoms with Gasteiger partial charge < -0.3 is 0 Å². The molecular formula is C9H7F4N3. The van der Waals surface area contributed by atoms with Crippen LogP contribution in [0.4, 0.5) is 17.6 Å². The molecule has 7 heteroatoms. The molecule has 16 heavy (non-hydrogen) atoms. The summed E-state index contributed by atoms with van der Waals surface area (Å²) in [7, 11) is 0. The van der Waals surface area contributed by atoms with Crippen LogP contribution in [0.5, 0.6) is 0 Å². The molecule has 0 N–H and O–H groups in total. The first-order chi connectivity index (χ1) is 7.36. The largest absolute Gasteiger partial charge is 0.416 e. The zero-order chi connectivity index (χ0) is 12.3. The summed E-state index contributed by atoms with van der Waals surface area (Å²) >= 11 is 0. The van der Waals surface area contributed by atoms with Gasteiger partial charge in [-0.25, -0.2) is 4.39 Å². The first kappa shape index (κ1) is 12.3. The fraction of sp³-hybridized carbons (Fsp3) is 0.333. The van der Waals surface area contributed by atoms with E-state index in [-0.39, 0.29) is 5.56 Å². The number of rotatable bonds is 2. The average Bonchev–Trinajstić information content (AvgIpc) is 2.16. The van der Waals surface area contributed by atoms with Crippen LogP contribution in [-0.2, 0) is 6.18 Å². The van der Waals surface area contributed by atoms with Crippen molar-refractivity contribution in [3.05, 3.63) is 45.6 Å². The first-order valence-corrected chi connectivity index (χ1v) is 4.27. The van der Waals surface area contributed by atoms with Crippen molar-refractivity contribution in [2.45, 2.75) is 19.1 Å². The number of hydrogen-bond donors (Lipinski definition) is 0. The van der Waals surface area contributed by atoms with Gasteiger partial charge in [0.2, 0.25) is 0 Å². The van der Waals surface area contributed by atoms with Crippen LogP contribution >= 0.6 is 0 Å². The molecule has 0 aromatic heterocycles. The number of alkyl halides is 3. The van der Waals surface area contributed by atoms with E-state index < -0.39 is 23.6 Å². The second kappa shape index (κ2) is 4.40. The molecule has 0 aliphatic carbocycles. The van der Waals surface area contributed by atoms with Crippen molar-refractivity contribution in [2.75, 3.05) is 0 Å². The molecule has 0 aliphatic heterocycles. The van der Waals surface area contributed by atoms with Crippen molar-refractivity contribution in [3.63, 3.8) is 0 Å². The number of halogens is 4. The van der Waals surface area contributed by atoms with Crippen LogP contribution in [0.2, 0.25) is 0 Å².